The van der Waals surface area contributed by atoms with E-state index in [0.717, 1.165) is 25.7 Å². The monoisotopic (exact) mass is 269 g/mol. The van der Waals surface area contributed by atoms with E-state index in [1.807, 2.05) is 0 Å². The number of hydrogen-bond donors (Lipinski definition) is 1. The van der Waals surface area contributed by atoms with E-state index in [1.54, 1.807) is 0 Å². The molecule has 19 heavy (non-hydrogen) atoms. The molecule has 2 fully saturated rings. The van der Waals surface area contributed by atoms with Crippen LogP contribution in [0.2, 0.25) is 0 Å². The Hall–Kier alpha value is -0.610. The zero-order valence-corrected chi connectivity index (χ0v) is 12.6. The minimum atomic E-state index is -0.524. The summed E-state index contributed by atoms with van der Waals surface area (Å²) in [7, 11) is 1.48. The summed E-state index contributed by atoms with van der Waals surface area (Å²) in [5.41, 5.74) is -0.687. The maximum absolute atomic E-state index is 12.2. The van der Waals surface area contributed by atoms with Crippen molar-refractivity contribution >= 4 is 5.97 Å². The van der Waals surface area contributed by atoms with Crippen LogP contribution in [0.25, 0.3) is 0 Å². The summed E-state index contributed by atoms with van der Waals surface area (Å²) in [5.74, 6) is -0.124. The van der Waals surface area contributed by atoms with E-state index in [2.05, 4.69) is 26.1 Å². The van der Waals surface area contributed by atoms with Crippen molar-refractivity contribution in [2.75, 3.05) is 7.11 Å². The Labute approximate surface area is 116 Å². The van der Waals surface area contributed by atoms with Crippen LogP contribution in [0.1, 0.15) is 59.3 Å². The molecular weight excluding hydrogens is 242 g/mol. The normalized spacial score (nSPS) is 32.1. The van der Waals surface area contributed by atoms with Crippen LogP contribution in [-0.4, -0.2) is 36.4 Å². The molecule has 0 radical (unpaired) electrons. The molecule has 2 aliphatic carbocycles. The van der Waals surface area contributed by atoms with Crippen molar-refractivity contribution in [2.45, 2.75) is 82.6 Å². The highest BCUT2D eigenvalue weighted by Gasteiger charge is 2.47. The van der Waals surface area contributed by atoms with Crippen molar-refractivity contribution in [1.29, 1.82) is 0 Å². The second kappa shape index (κ2) is 5.41. The predicted molar refractivity (Wildman–Crippen MR) is 74.0 cm³/mol. The molecule has 4 heteroatoms. The topological polar surface area (TPSA) is 47.6 Å². The maximum Gasteiger partial charge on any atom is 0.326 e. The highest BCUT2D eigenvalue weighted by Crippen LogP contribution is 2.36. The highest BCUT2D eigenvalue weighted by molar-refractivity contribution is 5.81. The van der Waals surface area contributed by atoms with Gasteiger partial charge in [0.15, 0.2) is 0 Å². The molecule has 0 spiro atoms. The van der Waals surface area contributed by atoms with Gasteiger partial charge in [0.05, 0.1) is 18.8 Å². The van der Waals surface area contributed by atoms with Gasteiger partial charge in [-0.05, 0) is 52.9 Å². The quantitative estimate of drug-likeness (QED) is 0.796. The van der Waals surface area contributed by atoms with Crippen LogP contribution >= 0.6 is 0 Å². The molecule has 0 aromatic heterocycles. The molecule has 2 saturated carbocycles. The molecule has 0 saturated heterocycles. The number of methoxy groups -OCH3 is 1. The molecule has 2 aliphatic rings. The molecule has 0 aliphatic heterocycles. The molecule has 2 atom stereocenters. The molecule has 0 amide bonds. The number of rotatable bonds is 4. The lowest BCUT2D eigenvalue weighted by Gasteiger charge is -2.41. The summed E-state index contributed by atoms with van der Waals surface area (Å²) in [6, 6.07) is 0.493. The molecular formula is C15H27NO3. The van der Waals surface area contributed by atoms with Gasteiger partial charge in [-0.3, -0.25) is 10.1 Å². The Morgan fingerprint density at radius 1 is 1.26 bits per heavy atom. The van der Waals surface area contributed by atoms with Crippen LogP contribution in [0.5, 0.6) is 0 Å². The van der Waals surface area contributed by atoms with E-state index in [4.69, 9.17) is 9.47 Å². The molecule has 1 N–H and O–H groups in total. The van der Waals surface area contributed by atoms with Gasteiger partial charge in [0, 0.05) is 12.5 Å². The lowest BCUT2D eigenvalue weighted by Crippen LogP contribution is -2.58. The third kappa shape index (κ3) is 3.93. The Kier molecular flexibility index (Phi) is 4.21. The van der Waals surface area contributed by atoms with E-state index >= 15 is 0 Å². The largest absolute Gasteiger partial charge is 0.468 e. The summed E-state index contributed by atoms with van der Waals surface area (Å²) in [6.45, 7) is 6.20. The summed E-state index contributed by atoms with van der Waals surface area (Å²) in [6.07, 6.45) is 6.11. The number of carbonyl (C=O) groups excluding carboxylic acids is 1. The van der Waals surface area contributed by atoms with Crippen LogP contribution in [0.4, 0.5) is 0 Å². The summed E-state index contributed by atoms with van der Waals surface area (Å²) in [5, 5.41) is 3.52. The lowest BCUT2D eigenvalue weighted by molar-refractivity contribution is -0.156. The number of esters is 1. The number of ether oxygens (including phenoxy) is 2. The van der Waals surface area contributed by atoms with Crippen molar-refractivity contribution in [1.82, 2.24) is 5.32 Å². The Morgan fingerprint density at radius 3 is 2.47 bits per heavy atom. The summed E-state index contributed by atoms with van der Waals surface area (Å²) < 4.78 is 11.1. The van der Waals surface area contributed by atoms with E-state index in [1.165, 1.54) is 20.0 Å². The van der Waals surface area contributed by atoms with Crippen molar-refractivity contribution in [2.24, 2.45) is 0 Å². The van der Waals surface area contributed by atoms with Crippen molar-refractivity contribution in [3.05, 3.63) is 0 Å². The molecule has 0 aromatic carbocycles. The Bertz CT molecular complexity index is 333. The van der Waals surface area contributed by atoms with E-state index in [9.17, 15) is 4.79 Å². The van der Waals surface area contributed by atoms with Gasteiger partial charge in [-0.1, -0.05) is 0 Å². The smallest absolute Gasteiger partial charge is 0.326 e. The first-order valence-electron chi connectivity index (χ1n) is 7.39. The Balaban J connectivity index is 2.06. The fourth-order valence-electron chi connectivity index (χ4n) is 3.01. The highest BCUT2D eigenvalue weighted by atomic mass is 16.5. The minimum Gasteiger partial charge on any atom is -0.468 e. The van der Waals surface area contributed by atoms with Crippen molar-refractivity contribution in [3.63, 3.8) is 0 Å². The predicted octanol–water partition coefficient (Wildman–Crippen LogP) is 2.41. The Morgan fingerprint density at radius 2 is 1.95 bits per heavy atom. The van der Waals surface area contributed by atoms with E-state index in [0.29, 0.717) is 6.04 Å². The van der Waals surface area contributed by atoms with E-state index < -0.39 is 5.54 Å². The number of carbonyl (C=O) groups is 1. The zero-order chi connectivity index (χ0) is 14.1. The summed E-state index contributed by atoms with van der Waals surface area (Å²) >= 11 is 0. The average molecular weight is 269 g/mol. The number of hydrogen-bond acceptors (Lipinski definition) is 4. The van der Waals surface area contributed by atoms with Crippen LogP contribution in [0.15, 0.2) is 0 Å². The molecule has 4 nitrogen and oxygen atoms in total. The van der Waals surface area contributed by atoms with E-state index in [-0.39, 0.29) is 17.7 Å². The van der Waals surface area contributed by atoms with Gasteiger partial charge in [0.25, 0.3) is 0 Å². The van der Waals surface area contributed by atoms with Gasteiger partial charge in [0.1, 0.15) is 5.54 Å². The molecule has 2 unspecified atom stereocenters. The first-order chi connectivity index (χ1) is 8.85. The van der Waals surface area contributed by atoms with Crippen molar-refractivity contribution in [3.8, 4) is 0 Å². The standard InChI is InChI=1S/C15H27NO3/c1-14(2,3)19-12-6-5-9-15(10-12,13(17)18-4)16-11-7-8-11/h11-12,16H,5-10H2,1-4H3. The van der Waals surface area contributed by atoms with Gasteiger partial charge < -0.3 is 9.47 Å². The lowest BCUT2D eigenvalue weighted by atomic mass is 9.79. The molecule has 0 aromatic rings. The fraction of sp³-hybridized carbons (Fsp3) is 0.933. The SMILES string of the molecule is COC(=O)C1(NC2CC2)CCCC(OC(C)(C)C)C1. The first-order valence-corrected chi connectivity index (χ1v) is 7.39. The maximum atomic E-state index is 12.2. The average Bonchev–Trinajstić information content (AvgIpc) is 3.09. The molecule has 0 bridgehead atoms. The zero-order valence-electron chi connectivity index (χ0n) is 12.6. The third-order valence-corrected chi connectivity index (χ3v) is 3.86. The second-order valence-corrected chi connectivity index (χ2v) is 6.94. The molecule has 0 heterocycles. The first kappa shape index (κ1) is 14.8. The third-order valence-electron chi connectivity index (χ3n) is 3.86. The summed E-state index contributed by atoms with van der Waals surface area (Å²) in [4.78, 5) is 12.2. The second-order valence-electron chi connectivity index (χ2n) is 6.94. The van der Waals surface area contributed by atoms with Crippen LogP contribution < -0.4 is 5.32 Å². The van der Waals surface area contributed by atoms with Gasteiger partial charge in [-0.15, -0.1) is 0 Å². The molecule has 110 valence electrons. The minimum absolute atomic E-state index is 0.124. The van der Waals surface area contributed by atoms with Gasteiger partial charge in [-0.25, -0.2) is 0 Å². The van der Waals surface area contributed by atoms with Crippen molar-refractivity contribution < 1.29 is 14.3 Å². The van der Waals surface area contributed by atoms with Gasteiger partial charge in [0.2, 0.25) is 0 Å². The molecule has 2 rings (SSSR count). The fourth-order valence-corrected chi connectivity index (χ4v) is 3.01. The van der Waals surface area contributed by atoms with Crippen LogP contribution in [-0.2, 0) is 14.3 Å². The number of nitrogens with one attached hydrogen (secondary N) is 1. The van der Waals surface area contributed by atoms with Gasteiger partial charge in [-0.2, -0.15) is 0 Å². The van der Waals surface area contributed by atoms with Crippen LogP contribution in [0, 0.1) is 0 Å². The van der Waals surface area contributed by atoms with Gasteiger partial charge >= 0.3 is 5.97 Å². The van der Waals surface area contributed by atoms with Crippen LogP contribution in [0.3, 0.4) is 0 Å².